The van der Waals surface area contributed by atoms with Gasteiger partial charge in [0.05, 0.1) is 0 Å². The van der Waals surface area contributed by atoms with Crippen molar-refractivity contribution < 1.29 is 4.39 Å². The monoisotopic (exact) mass is 307 g/mol. The van der Waals surface area contributed by atoms with E-state index in [4.69, 9.17) is 0 Å². The van der Waals surface area contributed by atoms with E-state index in [9.17, 15) is 4.39 Å². The maximum absolute atomic E-state index is 13.2. The van der Waals surface area contributed by atoms with E-state index in [1.807, 2.05) is 24.0 Å². The highest BCUT2D eigenvalue weighted by Gasteiger charge is 2.10. The minimum absolute atomic E-state index is 0.171. The molecule has 0 radical (unpaired) electrons. The first-order valence-electron chi connectivity index (χ1n) is 7.27. The molecule has 1 atom stereocenters. The zero-order chi connectivity index (χ0) is 15.1. The van der Waals surface area contributed by atoms with Gasteiger partial charge in [0, 0.05) is 35.6 Å². The molecule has 0 aliphatic carbocycles. The summed E-state index contributed by atoms with van der Waals surface area (Å²) in [6, 6.07) is 9.26. The Labute approximate surface area is 129 Å². The quantitative estimate of drug-likeness (QED) is 0.759. The summed E-state index contributed by atoms with van der Waals surface area (Å²) in [4.78, 5) is 0.985. The molecule has 2 rings (SSSR count). The Kier molecular flexibility index (Phi) is 6.26. The maximum atomic E-state index is 13.2. The minimum Gasteiger partial charge on any atom is -0.313 e. The Morgan fingerprint density at radius 1 is 1.38 bits per heavy atom. The third-order valence-electron chi connectivity index (χ3n) is 3.41. The van der Waals surface area contributed by atoms with Gasteiger partial charge in [-0.05, 0) is 43.7 Å². The van der Waals surface area contributed by atoms with Crippen LogP contribution in [0.4, 0.5) is 4.39 Å². The minimum atomic E-state index is -0.171. The van der Waals surface area contributed by atoms with Gasteiger partial charge in [0.1, 0.15) is 5.82 Å². The van der Waals surface area contributed by atoms with Gasteiger partial charge in [0.15, 0.2) is 0 Å². The van der Waals surface area contributed by atoms with Crippen molar-refractivity contribution in [1.82, 2.24) is 15.1 Å². The van der Waals surface area contributed by atoms with Crippen molar-refractivity contribution in [3.05, 3.63) is 48.0 Å². The number of benzene rings is 1. The molecule has 114 valence electrons. The van der Waals surface area contributed by atoms with Crippen LogP contribution in [0.15, 0.2) is 41.4 Å². The van der Waals surface area contributed by atoms with Crippen LogP contribution in [0.3, 0.4) is 0 Å². The fourth-order valence-electron chi connectivity index (χ4n) is 2.26. The molecule has 2 aromatic rings. The zero-order valence-corrected chi connectivity index (χ0v) is 13.4. The highest BCUT2D eigenvalue weighted by Crippen LogP contribution is 2.20. The first-order valence-corrected chi connectivity index (χ1v) is 8.26. The number of aryl methyl sites for hydroxylation is 2. The van der Waals surface area contributed by atoms with Gasteiger partial charge in [0.25, 0.3) is 0 Å². The van der Waals surface area contributed by atoms with E-state index in [-0.39, 0.29) is 5.82 Å². The van der Waals surface area contributed by atoms with Crippen LogP contribution >= 0.6 is 11.8 Å². The summed E-state index contributed by atoms with van der Waals surface area (Å²) in [6.45, 7) is 3.06. The number of hydrogen-bond acceptors (Lipinski definition) is 3. The van der Waals surface area contributed by atoms with Gasteiger partial charge < -0.3 is 5.32 Å². The number of halogens is 1. The molecule has 0 spiro atoms. The van der Waals surface area contributed by atoms with Gasteiger partial charge in [-0.15, -0.1) is 11.8 Å². The molecule has 3 nitrogen and oxygen atoms in total. The van der Waals surface area contributed by atoms with E-state index >= 15 is 0 Å². The van der Waals surface area contributed by atoms with Crippen molar-refractivity contribution in [2.45, 2.75) is 30.7 Å². The van der Waals surface area contributed by atoms with E-state index in [1.165, 1.54) is 11.8 Å². The Hall–Kier alpha value is -1.33. The van der Waals surface area contributed by atoms with Gasteiger partial charge in [-0.3, -0.25) is 4.68 Å². The molecule has 0 aliphatic heterocycles. The lowest BCUT2D eigenvalue weighted by Crippen LogP contribution is -2.31. The molecule has 1 aromatic carbocycles. The van der Waals surface area contributed by atoms with Gasteiger partial charge >= 0.3 is 0 Å². The molecule has 1 aromatic heterocycles. The van der Waals surface area contributed by atoms with E-state index in [0.717, 1.165) is 30.0 Å². The highest BCUT2D eigenvalue weighted by atomic mass is 32.2. The SMILES string of the molecule is CCNC(CCc1ccnn1C)CSc1cccc(F)c1. The predicted molar refractivity (Wildman–Crippen MR) is 86.1 cm³/mol. The Balaban J connectivity index is 1.85. The summed E-state index contributed by atoms with van der Waals surface area (Å²) in [5.41, 5.74) is 1.24. The molecular weight excluding hydrogens is 285 g/mol. The molecule has 5 heteroatoms. The van der Waals surface area contributed by atoms with Crippen molar-refractivity contribution in [2.24, 2.45) is 7.05 Å². The Morgan fingerprint density at radius 3 is 2.90 bits per heavy atom. The Bertz CT molecular complexity index is 556. The third kappa shape index (κ3) is 5.17. The molecule has 1 heterocycles. The molecule has 1 unspecified atom stereocenters. The first-order chi connectivity index (χ1) is 10.2. The third-order valence-corrected chi connectivity index (χ3v) is 4.57. The van der Waals surface area contributed by atoms with E-state index in [2.05, 4.69) is 23.4 Å². The molecule has 0 fully saturated rings. The van der Waals surface area contributed by atoms with Gasteiger partial charge in [-0.25, -0.2) is 4.39 Å². The predicted octanol–water partition coefficient (Wildman–Crippen LogP) is 3.26. The second kappa shape index (κ2) is 8.20. The van der Waals surface area contributed by atoms with Crippen LogP contribution in [0.1, 0.15) is 19.0 Å². The van der Waals surface area contributed by atoms with Crippen LogP contribution in [0.5, 0.6) is 0 Å². The lowest BCUT2D eigenvalue weighted by Gasteiger charge is -2.17. The molecule has 0 amide bonds. The van der Waals surface area contributed by atoms with Crippen LogP contribution < -0.4 is 5.32 Å². The molecule has 1 N–H and O–H groups in total. The number of nitrogens with one attached hydrogen (secondary N) is 1. The summed E-state index contributed by atoms with van der Waals surface area (Å²) < 4.78 is 15.1. The molecule has 0 aliphatic rings. The van der Waals surface area contributed by atoms with Crippen LogP contribution in [0, 0.1) is 5.82 Å². The average Bonchev–Trinajstić information content (AvgIpc) is 2.87. The fraction of sp³-hybridized carbons (Fsp3) is 0.438. The molecule has 0 saturated carbocycles. The highest BCUT2D eigenvalue weighted by molar-refractivity contribution is 7.99. The summed E-state index contributed by atoms with van der Waals surface area (Å²) >= 11 is 1.70. The summed E-state index contributed by atoms with van der Waals surface area (Å²) in [6.07, 6.45) is 3.88. The topological polar surface area (TPSA) is 29.9 Å². The number of rotatable bonds is 8. The van der Waals surface area contributed by atoms with Crippen molar-refractivity contribution in [1.29, 1.82) is 0 Å². The fourth-order valence-corrected chi connectivity index (χ4v) is 3.30. The summed E-state index contributed by atoms with van der Waals surface area (Å²) in [7, 11) is 1.97. The van der Waals surface area contributed by atoms with Crippen LogP contribution in [-0.4, -0.2) is 28.1 Å². The van der Waals surface area contributed by atoms with Gasteiger partial charge in [0.2, 0.25) is 0 Å². The second-order valence-corrected chi connectivity index (χ2v) is 6.10. The van der Waals surface area contributed by atoms with Crippen LogP contribution in [0.25, 0.3) is 0 Å². The average molecular weight is 307 g/mol. The molecule has 0 bridgehead atoms. The maximum Gasteiger partial charge on any atom is 0.124 e. The summed E-state index contributed by atoms with van der Waals surface area (Å²) in [5.74, 6) is 0.768. The van der Waals surface area contributed by atoms with Crippen molar-refractivity contribution in [3.8, 4) is 0 Å². The largest absolute Gasteiger partial charge is 0.313 e. The number of nitrogens with zero attached hydrogens (tertiary/aromatic N) is 2. The lowest BCUT2D eigenvalue weighted by atomic mass is 10.1. The van der Waals surface area contributed by atoms with Crippen molar-refractivity contribution >= 4 is 11.8 Å². The zero-order valence-electron chi connectivity index (χ0n) is 12.6. The summed E-state index contributed by atoms with van der Waals surface area (Å²) in [5, 5.41) is 7.70. The van der Waals surface area contributed by atoms with Crippen molar-refractivity contribution in [3.63, 3.8) is 0 Å². The van der Waals surface area contributed by atoms with Crippen molar-refractivity contribution in [2.75, 3.05) is 12.3 Å². The standard InChI is InChI=1S/C16H22FN3S/c1-3-18-14(7-8-15-9-10-19-20(15)2)12-21-16-6-4-5-13(17)11-16/h4-6,9-11,14,18H,3,7-8,12H2,1-2H3. The van der Waals surface area contributed by atoms with E-state index in [0.29, 0.717) is 6.04 Å². The number of thioether (sulfide) groups is 1. The molecule has 21 heavy (non-hydrogen) atoms. The smallest absolute Gasteiger partial charge is 0.124 e. The lowest BCUT2D eigenvalue weighted by molar-refractivity contribution is 0.526. The van der Waals surface area contributed by atoms with E-state index in [1.54, 1.807) is 23.9 Å². The second-order valence-electron chi connectivity index (χ2n) is 5.01. The molecular formula is C16H22FN3S. The molecule has 0 saturated heterocycles. The van der Waals surface area contributed by atoms with Crippen LogP contribution in [0.2, 0.25) is 0 Å². The Morgan fingerprint density at radius 2 is 2.24 bits per heavy atom. The number of aromatic nitrogens is 2. The van der Waals surface area contributed by atoms with Gasteiger partial charge in [-0.1, -0.05) is 13.0 Å². The first kappa shape index (κ1) is 16.0. The van der Waals surface area contributed by atoms with Crippen LogP contribution in [-0.2, 0) is 13.5 Å². The number of hydrogen-bond donors (Lipinski definition) is 1. The van der Waals surface area contributed by atoms with E-state index < -0.39 is 0 Å². The normalized spacial score (nSPS) is 12.5. The van der Waals surface area contributed by atoms with Gasteiger partial charge in [-0.2, -0.15) is 5.10 Å².